The van der Waals surface area contributed by atoms with Crippen LogP contribution in [0.5, 0.6) is 0 Å². The van der Waals surface area contributed by atoms with E-state index in [1.807, 2.05) is 25.7 Å². The fourth-order valence-electron chi connectivity index (χ4n) is 5.49. The summed E-state index contributed by atoms with van der Waals surface area (Å²) in [6.45, 7) is 9.29. The van der Waals surface area contributed by atoms with Crippen LogP contribution in [0.2, 0.25) is 0 Å². The Labute approximate surface area is 168 Å². The zero-order chi connectivity index (χ0) is 19.9. The number of amides is 3. The van der Waals surface area contributed by atoms with Gasteiger partial charge in [0.15, 0.2) is 0 Å². The van der Waals surface area contributed by atoms with Gasteiger partial charge in [-0.1, -0.05) is 12.8 Å². The minimum atomic E-state index is -0.444. The van der Waals surface area contributed by atoms with E-state index in [1.165, 1.54) is 12.8 Å². The summed E-state index contributed by atoms with van der Waals surface area (Å²) in [5.74, 6) is 0. The average molecular weight is 393 g/mol. The number of nitrogens with one attached hydrogen (secondary N) is 1. The zero-order valence-corrected chi connectivity index (χ0v) is 17.7. The largest absolute Gasteiger partial charge is 0.444 e. The molecule has 0 aromatic carbocycles. The highest BCUT2D eigenvalue weighted by Gasteiger charge is 2.45. The van der Waals surface area contributed by atoms with Crippen molar-refractivity contribution in [2.24, 2.45) is 0 Å². The molecular weight excluding hydrogens is 356 g/mol. The van der Waals surface area contributed by atoms with Gasteiger partial charge in [-0.3, -0.25) is 4.90 Å². The molecule has 0 bridgehead atoms. The first kappa shape index (κ1) is 19.8. The van der Waals surface area contributed by atoms with Gasteiger partial charge in [-0.25, -0.2) is 9.59 Å². The van der Waals surface area contributed by atoms with Gasteiger partial charge in [-0.15, -0.1) is 0 Å². The maximum Gasteiger partial charge on any atom is 0.410 e. The van der Waals surface area contributed by atoms with Crippen LogP contribution >= 0.6 is 0 Å². The summed E-state index contributed by atoms with van der Waals surface area (Å²) in [6, 6.07) is 1.73. The molecule has 1 N–H and O–H groups in total. The van der Waals surface area contributed by atoms with E-state index < -0.39 is 5.60 Å². The van der Waals surface area contributed by atoms with Gasteiger partial charge in [0.05, 0.1) is 12.1 Å². The van der Waals surface area contributed by atoms with Gasteiger partial charge in [0.1, 0.15) is 5.60 Å². The SMILES string of the molecule is CC(C)(C)OC(=O)N1CCC(N2CCC(N3C(=O)NC4CCCC[C@H]43)CC2)C1. The Morgan fingerprint density at radius 2 is 1.68 bits per heavy atom. The molecule has 3 saturated heterocycles. The summed E-state index contributed by atoms with van der Waals surface area (Å²) in [5, 5.41) is 3.22. The number of hydrogen-bond donors (Lipinski definition) is 1. The lowest BCUT2D eigenvalue weighted by Gasteiger charge is -2.42. The summed E-state index contributed by atoms with van der Waals surface area (Å²) >= 11 is 0. The van der Waals surface area contributed by atoms with Crippen LogP contribution < -0.4 is 5.32 Å². The van der Waals surface area contributed by atoms with E-state index in [0.717, 1.165) is 58.3 Å². The van der Waals surface area contributed by atoms with Crippen molar-refractivity contribution in [1.82, 2.24) is 20.0 Å². The zero-order valence-electron chi connectivity index (χ0n) is 17.7. The maximum absolute atomic E-state index is 12.6. The van der Waals surface area contributed by atoms with Crippen LogP contribution in [0.1, 0.15) is 65.7 Å². The smallest absolute Gasteiger partial charge is 0.410 e. The van der Waals surface area contributed by atoms with Gasteiger partial charge >= 0.3 is 12.1 Å². The molecule has 0 aromatic rings. The molecule has 2 unspecified atom stereocenters. The minimum absolute atomic E-state index is 0.160. The number of ether oxygens (including phenoxy) is 1. The van der Waals surface area contributed by atoms with Gasteiger partial charge in [0.2, 0.25) is 0 Å². The molecule has 158 valence electrons. The van der Waals surface area contributed by atoms with Crippen molar-refractivity contribution >= 4 is 12.1 Å². The number of urea groups is 1. The first-order valence-electron chi connectivity index (χ1n) is 11.1. The second kappa shape index (κ2) is 7.73. The van der Waals surface area contributed by atoms with E-state index in [9.17, 15) is 9.59 Å². The predicted molar refractivity (Wildman–Crippen MR) is 107 cm³/mol. The lowest BCUT2D eigenvalue weighted by atomic mass is 9.89. The molecular formula is C21H36N4O3. The molecule has 0 aromatic heterocycles. The molecule has 3 atom stereocenters. The molecule has 1 aliphatic carbocycles. The van der Waals surface area contributed by atoms with Gasteiger partial charge in [0, 0.05) is 38.3 Å². The molecule has 3 amide bonds. The second-order valence-corrected chi connectivity index (χ2v) is 9.95. The normalized spacial score (nSPS) is 32.4. The molecule has 4 aliphatic rings. The molecule has 1 saturated carbocycles. The Morgan fingerprint density at radius 3 is 2.39 bits per heavy atom. The van der Waals surface area contributed by atoms with Crippen LogP contribution in [0.25, 0.3) is 0 Å². The molecule has 4 rings (SSSR count). The van der Waals surface area contributed by atoms with Crippen LogP contribution in [-0.4, -0.2) is 82.8 Å². The number of hydrogen-bond acceptors (Lipinski definition) is 4. The lowest BCUT2D eigenvalue weighted by molar-refractivity contribution is 0.0268. The van der Waals surface area contributed by atoms with Crippen molar-refractivity contribution in [1.29, 1.82) is 0 Å². The number of carbonyl (C=O) groups is 2. The van der Waals surface area contributed by atoms with Gasteiger partial charge in [0.25, 0.3) is 0 Å². The fourth-order valence-corrected chi connectivity index (χ4v) is 5.49. The topological polar surface area (TPSA) is 65.1 Å². The van der Waals surface area contributed by atoms with Crippen molar-refractivity contribution in [2.75, 3.05) is 26.2 Å². The molecule has 4 fully saturated rings. The Bertz CT molecular complexity index is 597. The van der Waals surface area contributed by atoms with Crippen LogP contribution in [0.3, 0.4) is 0 Å². The number of nitrogens with zero attached hydrogens (tertiary/aromatic N) is 3. The van der Waals surface area contributed by atoms with E-state index in [0.29, 0.717) is 24.2 Å². The Hall–Kier alpha value is -1.50. The highest BCUT2D eigenvalue weighted by atomic mass is 16.6. The second-order valence-electron chi connectivity index (χ2n) is 9.95. The third-order valence-electron chi connectivity index (χ3n) is 6.85. The summed E-state index contributed by atoms with van der Waals surface area (Å²) in [6.07, 6.45) is 7.67. The Morgan fingerprint density at radius 1 is 1.00 bits per heavy atom. The molecule has 28 heavy (non-hydrogen) atoms. The van der Waals surface area contributed by atoms with Crippen LogP contribution in [0.15, 0.2) is 0 Å². The van der Waals surface area contributed by atoms with E-state index in [4.69, 9.17) is 4.74 Å². The number of rotatable bonds is 2. The van der Waals surface area contributed by atoms with E-state index in [1.54, 1.807) is 0 Å². The fraction of sp³-hybridized carbons (Fsp3) is 0.905. The molecule has 3 aliphatic heterocycles. The third kappa shape index (κ3) is 4.09. The van der Waals surface area contributed by atoms with Crippen molar-refractivity contribution in [3.05, 3.63) is 0 Å². The number of carbonyl (C=O) groups excluding carboxylic acids is 2. The first-order valence-corrected chi connectivity index (χ1v) is 11.1. The monoisotopic (exact) mass is 392 g/mol. The summed E-state index contributed by atoms with van der Waals surface area (Å²) < 4.78 is 5.52. The van der Waals surface area contributed by atoms with Gasteiger partial charge in [-0.2, -0.15) is 0 Å². The van der Waals surface area contributed by atoms with E-state index in [2.05, 4.69) is 15.1 Å². The van der Waals surface area contributed by atoms with Gasteiger partial charge < -0.3 is 19.9 Å². The van der Waals surface area contributed by atoms with Crippen molar-refractivity contribution in [2.45, 2.75) is 95.5 Å². The number of piperidine rings is 1. The highest BCUT2D eigenvalue weighted by Crippen LogP contribution is 2.33. The Kier molecular flexibility index (Phi) is 5.47. The highest BCUT2D eigenvalue weighted by molar-refractivity contribution is 5.78. The average Bonchev–Trinajstić information content (AvgIpc) is 3.24. The van der Waals surface area contributed by atoms with Crippen LogP contribution in [0, 0.1) is 0 Å². The van der Waals surface area contributed by atoms with Crippen molar-refractivity contribution in [3.63, 3.8) is 0 Å². The minimum Gasteiger partial charge on any atom is -0.444 e. The summed E-state index contributed by atoms with van der Waals surface area (Å²) in [5.41, 5.74) is -0.444. The number of likely N-dealkylation sites (tertiary alicyclic amines) is 2. The summed E-state index contributed by atoms with van der Waals surface area (Å²) in [4.78, 5) is 31.4. The first-order chi connectivity index (χ1) is 13.3. The maximum atomic E-state index is 12.6. The quantitative estimate of drug-likeness (QED) is 0.785. The standard InChI is InChI=1S/C21H36N4O3/c1-21(2,3)28-20(27)24-13-10-16(14-24)23-11-8-15(9-12-23)25-18-7-5-4-6-17(18)22-19(25)26/h15-18H,4-14H2,1-3H3,(H,22,26)/t16?,17?,18-/m1/s1. The Balaban J connectivity index is 1.28. The molecule has 3 heterocycles. The van der Waals surface area contributed by atoms with Crippen LogP contribution in [0.4, 0.5) is 9.59 Å². The van der Waals surface area contributed by atoms with E-state index >= 15 is 0 Å². The molecule has 7 heteroatoms. The predicted octanol–water partition coefficient (Wildman–Crippen LogP) is 2.80. The van der Waals surface area contributed by atoms with Crippen LogP contribution in [-0.2, 0) is 4.74 Å². The van der Waals surface area contributed by atoms with Crippen molar-refractivity contribution < 1.29 is 14.3 Å². The molecule has 0 radical (unpaired) electrons. The van der Waals surface area contributed by atoms with Crippen molar-refractivity contribution in [3.8, 4) is 0 Å². The number of fused-ring (bicyclic) bond motifs is 1. The lowest BCUT2D eigenvalue weighted by Crippen LogP contribution is -2.52. The third-order valence-corrected chi connectivity index (χ3v) is 6.85. The van der Waals surface area contributed by atoms with Gasteiger partial charge in [-0.05, 0) is 52.9 Å². The molecule has 0 spiro atoms. The molecule has 7 nitrogen and oxygen atoms in total. The summed E-state index contributed by atoms with van der Waals surface area (Å²) in [7, 11) is 0. The van der Waals surface area contributed by atoms with E-state index in [-0.39, 0.29) is 12.1 Å².